The molecule has 0 saturated carbocycles. The molecular formula is C17H29NO. The first-order valence-corrected chi connectivity index (χ1v) is 7.51. The second-order valence-corrected chi connectivity index (χ2v) is 5.89. The first kappa shape index (κ1) is 16.0. The van der Waals surface area contributed by atoms with Gasteiger partial charge >= 0.3 is 0 Å². The summed E-state index contributed by atoms with van der Waals surface area (Å²) in [4.78, 5) is 0. The Morgan fingerprint density at radius 3 is 2.42 bits per heavy atom. The highest BCUT2D eigenvalue weighted by Crippen LogP contribution is 2.30. The Morgan fingerprint density at radius 2 is 1.79 bits per heavy atom. The van der Waals surface area contributed by atoms with Crippen molar-refractivity contribution in [3.8, 4) is 5.75 Å². The van der Waals surface area contributed by atoms with Crippen molar-refractivity contribution in [1.29, 1.82) is 0 Å². The summed E-state index contributed by atoms with van der Waals surface area (Å²) in [6, 6.07) is 8.72. The summed E-state index contributed by atoms with van der Waals surface area (Å²) in [7, 11) is 0. The molecule has 0 spiro atoms. The monoisotopic (exact) mass is 263 g/mol. The Balaban J connectivity index is 2.64. The van der Waals surface area contributed by atoms with Gasteiger partial charge in [-0.1, -0.05) is 45.9 Å². The Morgan fingerprint density at radius 1 is 1.11 bits per heavy atom. The van der Waals surface area contributed by atoms with E-state index in [9.17, 15) is 0 Å². The van der Waals surface area contributed by atoms with E-state index in [1.165, 1.54) is 5.56 Å². The first-order valence-electron chi connectivity index (χ1n) is 7.51. The third kappa shape index (κ3) is 5.65. The van der Waals surface area contributed by atoms with Gasteiger partial charge < -0.3 is 10.5 Å². The smallest absolute Gasteiger partial charge is 0.122 e. The number of ether oxygens (including phenoxy) is 1. The van der Waals surface area contributed by atoms with Crippen molar-refractivity contribution in [2.75, 3.05) is 6.61 Å². The minimum atomic E-state index is 0.325. The average molecular weight is 263 g/mol. The van der Waals surface area contributed by atoms with Gasteiger partial charge in [-0.25, -0.2) is 0 Å². The summed E-state index contributed by atoms with van der Waals surface area (Å²) >= 11 is 0. The number of nitrogens with two attached hydrogens (primary N) is 1. The SMILES string of the molecule is CCC(N)CCC(C)c1ccccc1OCC(C)C. The second kappa shape index (κ2) is 8.21. The van der Waals surface area contributed by atoms with E-state index in [2.05, 4.69) is 45.9 Å². The molecule has 0 bridgehead atoms. The molecule has 0 heterocycles. The summed E-state index contributed by atoms with van der Waals surface area (Å²) in [5.41, 5.74) is 7.32. The number of para-hydroxylation sites is 1. The molecule has 2 unspecified atom stereocenters. The minimum Gasteiger partial charge on any atom is -0.493 e. The lowest BCUT2D eigenvalue weighted by atomic mass is 9.93. The molecule has 0 aliphatic rings. The molecule has 2 N–H and O–H groups in total. The highest BCUT2D eigenvalue weighted by atomic mass is 16.5. The predicted octanol–water partition coefficient (Wildman–Crippen LogP) is 4.34. The van der Waals surface area contributed by atoms with Crippen LogP contribution in [0.5, 0.6) is 5.75 Å². The largest absolute Gasteiger partial charge is 0.493 e. The zero-order valence-electron chi connectivity index (χ0n) is 12.9. The topological polar surface area (TPSA) is 35.2 Å². The van der Waals surface area contributed by atoms with E-state index in [0.29, 0.717) is 17.9 Å². The van der Waals surface area contributed by atoms with E-state index in [0.717, 1.165) is 31.6 Å². The van der Waals surface area contributed by atoms with Crippen molar-refractivity contribution in [2.24, 2.45) is 11.7 Å². The molecule has 2 atom stereocenters. The normalized spacial score (nSPS) is 14.4. The van der Waals surface area contributed by atoms with E-state index in [4.69, 9.17) is 10.5 Å². The van der Waals surface area contributed by atoms with Crippen molar-refractivity contribution in [2.45, 2.75) is 58.9 Å². The zero-order valence-corrected chi connectivity index (χ0v) is 12.9. The van der Waals surface area contributed by atoms with Crippen LogP contribution in [-0.2, 0) is 0 Å². The summed E-state index contributed by atoms with van der Waals surface area (Å²) in [6.07, 6.45) is 3.26. The molecule has 0 aromatic heterocycles. The lowest BCUT2D eigenvalue weighted by Crippen LogP contribution is -2.19. The first-order chi connectivity index (χ1) is 9.04. The number of benzene rings is 1. The van der Waals surface area contributed by atoms with Gasteiger partial charge in [-0.05, 0) is 42.7 Å². The number of rotatable bonds is 8. The van der Waals surface area contributed by atoms with Crippen LogP contribution in [0.2, 0.25) is 0 Å². The summed E-state index contributed by atoms with van der Waals surface area (Å²) in [5.74, 6) is 2.09. The number of hydrogen-bond donors (Lipinski definition) is 1. The molecule has 0 radical (unpaired) electrons. The quantitative estimate of drug-likeness (QED) is 0.757. The molecule has 0 saturated heterocycles. The van der Waals surface area contributed by atoms with Crippen molar-refractivity contribution in [1.82, 2.24) is 0 Å². The summed E-state index contributed by atoms with van der Waals surface area (Å²) in [5, 5.41) is 0. The van der Waals surface area contributed by atoms with Gasteiger partial charge in [0.2, 0.25) is 0 Å². The van der Waals surface area contributed by atoms with Crippen molar-refractivity contribution in [3.63, 3.8) is 0 Å². The maximum Gasteiger partial charge on any atom is 0.122 e. The van der Waals surface area contributed by atoms with Gasteiger partial charge in [-0.2, -0.15) is 0 Å². The van der Waals surface area contributed by atoms with Crippen LogP contribution in [0.3, 0.4) is 0 Å². The molecule has 108 valence electrons. The van der Waals surface area contributed by atoms with E-state index in [1.807, 2.05) is 6.07 Å². The van der Waals surface area contributed by atoms with E-state index >= 15 is 0 Å². The Hall–Kier alpha value is -1.02. The standard InChI is InChI=1S/C17H29NO/c1-5-15(18)11-10-14(4)16-8-6-7-9-17(16)19-12-13(2)3/h6-9,13-15H,5,10-12,18H2,1-4H3. The van der Waals surface area contributed by atoms with Gasteiger partial charge in [0, 0.05) is 6.04 Å². The molecule has 2 heteroatoms. The Labute approximate surface area is 118 Å². The third-order valence-electron chi connectivity index (χ3n) is 3.52. The van der Waals surface area contributed by atoms with E-state index in [-0.39, 0.29) is 0 Å². The average Bonchev–Trinajstić information content (AvgIpc) is 2.42. The highest BCUT2D eigenvalue weighted by molar-refractivity contribution is 5.35. The Bertz CT molecular complexity index is 362. The van der Waals surface area contributed by atoms with Crippen LogP contribution in [0, 0.1) is 5.92 Å². The molecule has 0 aliphatic heterocycles. The molecule has 2 nitrogen and oxygen atoms in total. The second-order valence-electron chi connectivity index (χ2n) is 5.89. The van der Waals surface area contributed by atoms with Gasteiger partial charge in [0.05, 0.1) is 6.61 Å². The van der Waals surface area contributed by atoms with Crippen molar-refractivity contribution in [3.05, 3.63) is 29.8 Å². The lowest BCUT2D eigenvalue weighted by molar-refractivity contribution is 0.267. The molecular weight excluding hydrogens is 234 g/mol. The number of hydrogen-bond acceptors (Lipinski definition) is 2. The molecule has 19 heavy (non-hydrogen) atoms. The van der Waals surface area contributed by atoms with Gasteiger partial charge in [-0.15, -0.1) is 0 Å². The third-order valence-corrected chi connectivity index (χ3v) is 3.52. The fraction of sp³-hybridized carbons (Fsp3) is 0.647. The van der Waals surface area contributed by atoms with Crippen LogP contribution in [0.4, 0.5) is 0 Å². The summed E-state index contributed by atoms with van der Waals surface area (Å²) in [6.45, 7) is 9.53. The fourth-order valence-electron chi connectivity index (χ4n) is 2.10. The van der Waals surface area contributed by atoms with E-state index in [1.54, 1.807) is 0 Å². The van der Waals surface area contributed by atoms with Crippen LogP contribution >= 0.6 is 0 Å². The lowest BCUT2D eigenvalue weighted by Gasteiger charge is -2.19. The highest BCUT2D eigenvalue weighted by Gasteiger charge is 2.13. The van der Waals surface area contributed by atoms with E-state index < -0.39 is 0 Å². The van der Waals surface area contributed by atoms with Crippen LogP contribution in [0.1, 0.15) is 58.4 Å². The Kier molecular flexibility index (Phi) is 6.93. The molecule has 0 aliphatic carbocycles. The fourth-order valence-corrected chi connectivity index (χ4v) is 2.10. The van der Waals surface area contributed by atoms with Gasteiger partial charge in [0.25, 0.3) is 0 Å². The van der Waals surface area contributed by atoms with Gasteiger partial charge in [-0.3, -0.25) is 0 Å². The van der Waals surface area contributed by atoms with Crippen LogP contribution in [0.15, 0.2) is 24.3 Å². The molecule has 1 aromatic carbocycles. The van der Waals surface area contributed by atoms with Crippen LogP contribution < -0.4 is 10.5 Å². The molecule has 1 rings (SSSR count). The van der Waals surface area contributed by atoms with Crippen molar-refractivity contribution < 1.29 is 4.74 Å². The van der Waals surface area contributed by atoms with Crippen LogP contribution in [-0.4, -0.2) is 12.6 Å². The molecule has 0 amide bonds. The minimum absolute atomic E-state index is 0.325. The van der Waals surface area contributed by atoms with Gasteiger partial charge in [0.1, 0.15) is 5.75 Å². The zero-order chi connectivity index (χ0) is 14.3. The maximum absolute atomic E-state index is 6.00. The predicted molar refractivity (Wildman–Crippen MR) is 82.7 cm³/mol. The molecule has 0 fully saturated rings. The van der Waals surface area contributed by atoms with Crippen LogP contribution in [0.25, 0.3) is 0 Å². The van der Waals surface area contributed by atoms with Gasteiger partial charge in [0.15, 0.2) is 0 Å². The van der Waals surface area contributed by atoms with Crippen molar-refractivity contribution >= 4 is 0 Å². The summed E-state index contributed by atoms with van der Waals surface area (Å²) < 4.78 is 5.92. The molecule has 1 aromatic rings. The maximum atomic E-state index is 6.00.